The zero-order chi connectivity index (χ0) is 20.8. The number of carboxylic acid groups (broad SMARTS) is 1. The fourth-order valence-electron chi connectivity index (χ4n) is 3.49. The van der Waals surface area contributed by atoms with Crippen LogP contribution in [0.4, 0.5) is 0 Å². The van der Waals surface area contributed by atoms with Crippen LogP contribution in [0.25, 0.3) is 11.1 Å². The van der Waals surface area contributed by atoms with E-state index in [1.807, 2.05) is 36.4 Å². The molecular formula is C22H24N2O5. The normalized spacial score (nSPS) is 17.5. The van der Waals surface area contributed by atoms with Gasteiger partial charge in [0.25, 0.3) is 5.91 Å². The first-order chi connectivity index (χ1) is 14.0. The molecule has 0 radical (unpaired) electrons. The highest BCUT2D eigenvalue weighted by Crippen LogP contribution is 2.25. The van der Waals surface area contributed by atoms with Crippen LogP contribution in [-0.4, -0.2) is 60.5 Å². The summed E-state index contributed by atoms with van der Waals surface area (Å²) in [5.74, 6) is -1.19. The zero-order valence-corrected chi connectivity index (χ0v) is 16.5. The van der Waals surface area contributed by atoms with E-state index in [-0.39, 0.29) is 18.6 Å². The summed E-state index contributed by atoms with van der Waals surface area (Å²) in [7, 11) is 1.46. The van der Waals surface area contributed by atoms with E-state index >= 15 is 0 Å². The molecule has 1 N–H and O–H groups in total. The number of likely N-dealkylation sites (tertiary alicyclic amines) is 1. The van der Waals surface area contributed by atoms with E-state index in [9.17, 15) is 9.59 Å². The Labute approximate surface area is 169 Å². The molecule has 29 heavy (non-hydrogen) atoms. The number of amides is 1. The fourth-order valence-corrected chi connectivity index (χ4v) is 3.49. The van der Waals surface area contributed by atoms with Gasteiger partial charge in [0, 0.05) is 12.0 Å². The highest BCUT2D eigenvalue weighted by molar-refractivity contribution is 6.00. The maximum absolute atomic E-state index is 13.1. The topological polar surface area (TPSA) is 88.4 Å². The number of aryl methyl sites for hydroxylation is 1. The predicted molar refractivity (Wildman–Crippen MR) is 109 cm³/mol. The lowest BCUT2D eigenvalue weighted by atomic mass is 9.99. The average Bonchev–Trinajstić information content (AvgIpc) is 3.10. The molecule has 3 rings (SSSR count). The number of hydrogen-bond acceptors (Lipinski definition) is 5. The Morgan fingerprint density at radius 2 is 1.90 bits per heavy atom. The monoisotopic (exact) mass is 396 g/mol. The van der Waals surface area contributed by atoms with Crippen LogP contribution >= 0.6 is 0 Å². The van der Waals surface area contributed by atoms with Gasteiger partial charge in [-0.3, -0.25) is 4.79 Å². The average molecular weight is 396 g/mol. The molecule has 1 aliphatic rings. The lowest BCUT2D eigenvalue weighted by Gasteiger charge is -2.24. The van der Waals surface area contributed by atoms with E-state index in [0.29, 0.717) is 18.5 Å². The number of benzene rings is 2. The number of carbonyl (C=O) groups is 2. The Bertz CT molecular complexity index is 908. The van der Waals surface area contributed by atoms with Crippen molar-refractivity contribution >= 4 is 17.6 Å². The van der Waals surface area contributed by atoms with Gasteiger partial charge in [-0.2, -0.15) is 0 Å². The minimum atomic E-state index is -1.04. The van der Waals surface area contributed by atoms with Crippen molar-refractivity contribution in [2.45, 2.75) is 19.4 Å². The van der Waals surface area contributed by atoms with E-state index < -0.39 is 12.6 Å². The van der Waals surface area contributed by atoms with Crippen molar-refractivity contribution in [1.29, 1.82) is 0 Å². The fraction of sp³-hybridized carbons (Fsp3) is 0.318. The smallest absolute Gasteiger partial charge is 0.329 e. The zero-order valence-electron chi connectivity index (χ0n) is 16.5. The van der Waals surface area contributed by atoms with Gasteiger partial charge in [0.05, 0.1) is 24.9 Å². The number of aliphatic carboxylic acids is 1. The molecule has 7 heteroatoms. The highest BCUT2D eigenvalue weighted by atomic mass is 16.6. The summed E-state index contributed by atoms with van der Waals surface area (Å²) >= 11 is 0. The number of nitrogens with zero attached hydrogens (tertiary/aromatic N) is 2. The third-order valence-electron chi connectivity index (χ3n) is 4.87. The largest absolute Gasteiger partial charge is 0.480 e. The first kappa shape index (κ1) is 20.5. The van der Waals surface area contributed by atoms with Gasteiger partial charge >= 0.3 is 5.97 Å². The molecule has 0 aromatic heterocycles. The predicted octanol–water partition coefficient (Wildman–Crippen LogP) is 2.98. The van der Waals surface area contributed by atoms with Crippen molar-refractivity contribution in [1.82, 2.24) is 4.90 Å². The van der Waals surface area contributed by atoms with E-state index in [1.165, 1.54) is 12.7 Å². The molecule has 1 heterocycles. The lowest BCUT2D eigenvalue weighted by Crippen LogP contribution is -2.38. The van der Waals surface area contributed by atoms with Crippen molar-refractivity contribution in [2.24, 2.45) is 5.16 Å². The van der Waals surface area contributed by atoms with Crippen LogP contribution in [0.15, 0.2) is 53.7 Å². The van der Waals surface area contributed by atoms with Crippen LogP contribution in [0, 0.1) is 6.92 Å². The summed E-state index contributed by atoms with van der Waals surface area (Å²) in [6.45, 7) is 2.10. The van der Waals surface area contributed by atoms with Crippen LogP contribution in [0.5, 0.6) is 0 Å². The molecule has 1 amide bonds. The molecule has 1 aliphatic heterocycles. The summed E-state index contributed by atoms with van der Waals surface area (Å²) in [6.07, 6.45) is 0.487. The molecule has 0 spiro atoms. The van der Waals surface area contributed by atoms with Gasteiger partial charge < -0.3 is 19.6 Å². The molecule has 1 unspecified atom stereocenters. The molecular weight excluding hydrogens is 372 g/mol. The maximum Gasteiger partial charge on any atom is 0.329 e. The molecule has 1 fully saturated rings. The van der Waals surface area contributed by atoms with Gasteiger partial charge in [-0.25, -0.2) is 4.79 Å². The quantitative estimate of drug-likeness (QED) is 0.727. The Hall–Kier alpha value is -3.19. The molecule has 0 bridgehead atoms. The van der Waals surface area contributed by atoms with Gasteiger partial charge in [-0.15, -0.1) is 0 Å². The van der Waals surface area contributed by atoms with Crippen molar-refractivity contribution in [3.63, 3.8) is 0 Å². The second-order valence-electron chi connectivity index (χ2n) is 6.93. The molecule has 2 aromatic carbocycles. The number of carbonyl (C=O) groups excluding carboxylic acids is 1. The van der Waals surface area contributed by atoms with Gasteiger partial charge in [0.1, 0.15) is 13.7 Å². The summed E-state index contributed by atoms with van der Waals surface area (Å²) in [6, 6.07) is 15.3. The summed E-state index contributed by atoms with van der Waals surface area (Å²) < 4.78 is 5.22. The number of rotatable bonds is 7. The number of carboxylic acids is 1. The van der Waals surface area contributed by atoms with E-state index in [2.05, 4.69) is 24.2 Å². The Balaban J connectivity index is 1.76. The van der Waals surface area contributed by atoms with Crippen LogP contribution in [0.3, 0.4) is 0 Å². The van der Waals surface area contributed by atoms with E-state index in [0.717, 1.165) is 16.8 Å². The standard InChI is InChI=1S/C22H24N2O5/c1-15-5-3-4-6-20(15)16-7-9-17(10-8-16)22(27)24-12-18(23-28-2)11-19(24)13-29-14-21(25)26/h3-10,19H,11-14H2,1-2H3,(H,25,26)/b23-18-. The van der Waals surface area contributed by atoms with Gasteiger partial charge in [-0.05, 0) is 35.7 Å². The Morgan fingerprint density at radius 3 is 2.55 bits per heavy atom. The first-order valence-electron chi connectivity index (χ1n) is 9.35. The molecule has 1 atom stereocenters. The SMILES string of the molecule is CO/N=C1/CC(COCC(=O)O)N(C(=O)c2ccc(-c3ccccc3C)cc2)C1. The molecule has 2 aromatic rings. The molecule has 7 nitrogen and oxygen atoms in total. The van der Waals surface area contributed by atoms with Crippen molar-refractivity contribution in [3.05, 3.63) is 59.7 Å². The van der Waals surface area contributed by atoms with E-state index in [1.54, 1.807) is 4.90 Å². The molecule has 0 aliphatic carbocycles. The minimum Gasteiger partial charge on any atom is -0.480 e. The van der Waals surface area contributed by atoms with Crippen LogP contribution in [0.2, 0.25) is 0 Å². The second-order valence-corrected chi connectivity index (χ2v) is 6.93. The van der Waals surface area contributed by atoms with Gasteiger partial charge in [0.15, 0.2) is 0 Å². The number of ether oxygens (including phenoxy) is 1. The van der Waals surface area contributed by atoms with Crippen LogP contribution in [-0.2, 0) is 14.4 Å². The minimum absolute atomic E-state index is 0.127. The van der Waals surface area contributed by atoms with E-state index in [4.69, 9.17) is 14.7 Å². The highest BCUT2D eigenvalue weighted by Gasteiger charge is 2.34. The maximum atomic E-state index is 13.1. The van der Waals surface area contributed by atoms with Crippen molar-refractivity contribution in [3.8, 4) is 11.1 Å². The number of hydrogen-bond donors (Lipinski definition) is 1. The second kappa shape index (κ2) is 9.34. The summed E-state index contributed by atoms with van der Waals surface area (Å²) in [5.41, 5.74) is 4.62. The molecule has 1 saturated heterocycles. The lowest BCUT2D eigenvalue weighted by molar-refractivity contribution is -0.142. The molecule has 152 valence electrons. The van der Waals surface area contributed by atoms with Gasteiger partial charge in [-0.1, -0.05) is 41.6 Å². The van der Waals surface area contributed by atoms with Gasteiger partial charge in [0.2, 0.25) is 0 Å². The van der Waals surface area contributed by atoms with Crippen molar-refractivity contribution < 1.29 is 24.3 Å². The third-order valence-corrected chi connectivity index (χ3v) is 4.87. The first-order valence-corrected chi connectivity index (χ1v) is 9.35. The van der Waals surface area contributed by atoms with Crippen LogP contribution < -0.4 is 0 Å². The number of oxime groups is 1. The summed E-state index contributed by atoms with van der Waals surface area (Å²) in [4.78, 5) is 30.3. The Morgan fingerprint density at radius 1 is 1.17 bits per heavy atom. The molecule has 0 saturated carbocycles. The third kappa shape index (κ3) is 5.00. The Kier molecular flexibility index (Phi) is 6.61. The van der Waals surface area contributed by atoms with Crippen molar-refractivity contribution in [2.75, 3.05) is 26.9 Å². The summed E-state index contributed by atoms with van der Waals surface area (Å²) in [5, 5.41) is 12.7. The van der Waals surface area contributed by atoms with Crippen LogP contribution in [0.1, 0.15) is 22.3 Å².